The Hall–Kier alpha value is -1.37. The number of aliphatic imine (C=N–C) groups is 1. The van der Waals surface area contributed by atoms with Crippen LogP contribution in [0.4, 0.5) is 0 Å². The van der Waals surface area contributed by atoms with E-state index < -0.39 is 0 Å². The zero-order valence-corrected chi connectivity index (χ0v) is 16.2. The molecule has 130 valence electrons. The molecule has 0 radical (unpaired) electrons. The normalized spacial score (nSPS) is 37.7. The van der Waals surface area contributed by atoms with Crippen LogP contribution in [0.2, 0.25) is 0 Å². The number of hydrogen-bond donors (Lipinski definition) is 0. The molecule has 3 rings (SSSR count). The van der Waals surface area contributed by atoms with Gasteiger partial charge in [0, 0.05) is 11.6 Å². The fourth-order valence-corrected chi connectivity index (χ4v) is 5.22. The number of fused-ring (bicyclic) bond motifs is 3. The lowest BCUT2D eigenvalue weighted by molar-refractivity contribution is 0.151. The van der Waals surface area contributed by atoms with E-state index in [9.17, 15) is 0 Å². The van der Waals surface area contributed by atoms with Gasteiger partial charge >= 0.3 is 0 Å². The quantitative estimate of drug-likeness (QED) is 0.445. The van der Waals surface area contributed by atoms with E-state index in [1.165, 1.54) is 5.71 Å². The van der Waals surface area contributed by atoms with Crippen molar-refractivity contribution in [2.45, 2.75) is 54.0 Å². The maximum atomic E-state index is 5.08. The number of nitrogens with zero attached hydrogens (tertiary/aromatic N) is 1. The average Bonchev–Trinajstić information content (AvgIpc) is 2.77. The number of allylic oxidation sites excluding steroid dienone is 7. The summed E-state index contributed by atoms with van der Waals surface area (Å²) in [5, 5.41) is 0. The van der Waals surface area contributed by atoms with Crippen molar-refractivity contribution in [3.63, 3.8) is 0 Å². The summed E-state index contributed by atoms with van der Waals surface area (Å²) < 4.78 is 0. The van der Waals surface area contributed by atoms with E-state index in [1.807, 2.05) is 0 Å². The Kier molecular flexibility index (Phi) is 4.73. The first-order valence-electron chi connectivity index (χ1n) is 9.60. The lowest BCUT2D eigenvalue weighted by Gasteiger charge is -2.40. The van der Waals surface area contributed by atoms with E-state index in [0.717, 1.165) is 6.42 Å². The second-order valence-electron chi connectivity index (χ2n) is 8.86. The molecule has 0 aromatic rings. The minimum absolute atomic E-state index is 0.313. The Morgan fingerprint density at radius 1 is 1.25 bits per heavy atom. The summed E-state index contributed by atoms with van der Waals surface area (Å²) >= 11 is 0. The predicted octanol–water partition coefficient (Wildman–Crippen LogP) is 6.01. The molecule has 0 amide bonds. The molecule has 0 N–H and O–H groups in total. The molecule has 3 aliphatic carbocycles. The van der Waals surface area contributed by atoms with Crippen LogP contribution in [0.25, 0.3) is 0 Å². The summed E-state index contributed by atoms with van der Waals surface area (Å²) in [6.07, 6.45) is 17.4. The molecule has 3 aliphatic rings. The van der Waals surface area contributed by atoms with Crippen LogP contribution < -0.4 is 0 Å². The third-order valence-electron chi connectivity index (χ3n) is 6.36. The van der Waals surface area contributed by atoms with E-state index in [4.69, 9.17) is 4.99 Å². The zero-order chi connectivity index (χ0) is 17.5. The molecule has 5 atom stereocenters. The first kappa shape index (κ1) is 17.5. The van der Waals surface area contributed by atoms with Crippen LogP contribution in [0.5, 0.6) is 0 Å². The summed E-state index contributed by atoms with van der Waals surface area (Å²) in [6, 6.07) is 0.419. The lowest BCUT2D eigenvalue weighted by atomic mass is 9.66. The molecule has 1 saturated carbocycles. The van der Waals surface area contributed by atoms with E-state index in [1.54, 1.807) is 5.57 Å². The lowest BCUT2D eigenvalue weighted by Crippen LogP contribution is -2.36. The van der Waals surface area contributed by atoms with Gasteiger partial charge in [0.2, 0.25) is 0 Å². The van der Waals surface area contributed by atoms with Crippen LogP contribution in [0.1, 0.15) is 48.0 Å². The van der Waals surface area contributed by atoms with Crippen LogP contribution in [-0.2, 0) is 0 Å². The summed E-state index contributed by atoms with van der Waals surface area (Å²) in [5.41, 5.74) is 3.16. The van der Waals surface area contributed by atoms with Crippen LogP contribution in [-0.4, -0.2) is 11.8 Å². The van der Waals surface area contributed by atoms with Gasteiger partial charge in [-0.2, -0.15) is 0 Å². The topological polar surface area (TPSA) is 12.4 Å². The Morgan fingerprint density at radius 2 is 1.96 bits per heavy atom. The van der Waals surface area contributed by atoms with E-state index in [2.05, 4.69) is 84.1 Å². The van der Waals surface area contributed by atoms with Gasteiger partial charge in [-0.3, -0.25) is 4.99 Å². The van der Waals surface area contributed by atoms with Crippen molar-refractivity contribution in [3.05, 3.63) is 48.1 Å². The van der Waals surface area contributed by atoms with Gasteiger partial charge in [-0.25, -0.2) is 0 Å². The summed E-state index contributed by atoms with van der Waals surface area (Å²) in [6.45, 7) is 13.9. The molecule has 0 aliphatic heterocycles. The average molecular weight is 324 g/mol. The maximum Gasteiger partial charge on any atom is 0.0568 e. The molecule has 0 saturated heterocycles. The number of hydrogen-bond acceptors (Lipinski definition) is 1. The Morgan fingerprint density at radius 3 is 2.67 bits per heavy atom. The van der Waals surface area contributed by atoms with Gasteiger partial charge < -0.3 is 0 Å². The smallest absolute Gasteiger partial charge is 0.0568 e. The molecule has 0 aromatic carbocycles. The van der Waals surface area contributed by atoms with Crippen molar-refractivity contribution < 1.29 is 0 Å². The van der Waals surface area contributed by atoms with Crippen molar-refractivity contribution in [2.24, 2.45) is 40.0 Å². The molecule has 0 bridgehead atoms. The highest BCUT2D eigenvalue weighted by molar-refractivity contribution is 5.92. The highest BCUT2D eigenvalue weighted by atomic mass is 14.8. The van der Waals surface area contributed by atoms with Crippen LogP contribution in [0, 0.1) is 35.0 Å². The van der Waals surface area contributed by atoms with E-state index in [0.29, 0.717) is 41.0 Å². The van der Waals surface area contributed by atoms with Crippen molar-refractivity contribution in [1.82, 2.24) is 0 Å². The number of rotatable bonds is 3. The first-order chi connectivity index (χ1) is 11.3. The highest BCUT2D eigenvalue weighted by Gasteiger charge is 2.54. The summed E-state index contributed by atoms with van der Waals surface area (Å²) in [4.78, 5) is 5.08. The summed E-state index contributed by atoms with van der Waals surface area (Å²) in [7, 11) is 0. The molecular formula is C23H33N. The maximum absolute atomic E-state index is 5.08. The van der Waals surface area contributed by atoms with E-state index in [-0.39, 0.29) is 0 Å². The Bertz CT molecular complexity index is 626. The van der Waals surface area contributed by atoms with Gasteiger partial charge in [-0.1, -0.05) is 76.6 Å². The molecule has 1 nitrogen and oxygen atoms in total. The van der Waals surface area contributed by atoms with Crippen LogP contribution in [0.15, 0.2) is 53.1 Å². The molecule has 1 fully saturated rings. The van der Waals surface area contributed by atoms with Gasteiger partial charge in [0.15, 0.2) is 0 Å². The second kappa shape index (κ2) is 6.50. The van der Waals surface area contributed by atoms with Gasteiger partial charge in [-0.15, -0.1) is 0 Å². The third kappa shape index (κ3) is 2.98. The minimum Gasteiger partial charge on any atom is -0.286 e. The molecule has 0 aromatic heterocycles. The van der Waals surface area contributed by atoms with E-state index >= 15 is 0 Å². The van der Waals surface area contributed by atoms with Crippen molar-refractivity contribution >= 4 is 5.71 Å². The van der Waals surface area contributed by atoms with Gasteiger partial charge in [0.25, 0.3) is 0 Å². The SMILES string of the molecule is CC(/C=C\C(C)C)=NC1CC=C2C3C=CC=CC3C(C)(C)C2C1C. The third-order valence-corrected chi connectivity index (χ3v) is 6.36. The Labute approximate surface area is 148 Å². The fourth-order valence-electron chi connectivity index (χ4n) is 5.22. The fraction of sp³-hybridized carbons (Fsp3) is 0.609. The molecule has 0 heterocycles. The zero-order valence-electron chi connectivity index (χ0n) is 16.2. The van der Waals surface area contributed by atoms with Crippen LogP contribution in [0.3, 0.4) is 0 Å². The molecule has 5 unspecified atom stereocenters. The second-order valence-corrected chi connectivity index (χ2v) is 8.86. The standard InChI is InChI=1S/C23H33N/c1-15(2)11-12-16(3)24-21-14-13-19-18-9-7-8-10-20(18)23(5,6)22(19)17(21)4/h7-13,15,17-18,20-22H,14H2,1-6H3/b12-11-,24-16?. The van der Waals surface area contributed by atoms with Crippen molar-refractivity contribution in [1.29, 1.82) is 0 Å². The van der Waals surface area contributed by atoms with Gasteiger partial charge in [0.05, 0.1) is 6.04 Å². The Balaban J connectivity index is 1.87. The van der Waals surface area contributed by atoms with Crippen molar-refractivity contribution in [3.8, 4) is 0 Å². The summed E-state index contributed by atoms with van der Waals surface area (Å²) in [5.74, 6) is 3.09. The van der Waals surface area contributed by atoms with Gasteiger partial charge in [0.1, 0.15) is 0 Å². The minimum atomic E-state index is 0.313. The first-order valence-corrected chi connectivity index (χ1v) is 9.60. The van der Waals surface area contributed by atoms with Gasteiger partial charge in [-0.05, 0) is 48.5 Å². The highest BCUT2D eigenvalue weighted by Crippen LogP contribution is 2.60. The largest absolute Gasteiger partial charge is 0.286 e. The molecule has 24 heavy (non-hydrogen) atoms. The molecule has 0 spiro atoms. The molecular weight excluding hydrogens is 290 g/mol. The van der Waals surface area contributed by atoms with Crippen LogP contribution >= 0.6 is 0 Å². The van der Waals surface area contributed by atoms with Crippen molar-refractivity contribution in [2.75, 3.05) is 0 Å². The molecule has 1 heteroatoms. The predicted molar refractivity (Wildman–Crippen MR) is 105 cm³/mol. The monoisotopic (exact) mass is 323 g/mol.